The van der Waals surface area contributed by atoms with Gasteiger partial charge in [-0.05, 0) is 55.8 Å². The quantitative estimate of drug-likeness (QED) is 0.701. The van der Waals surface area contributed by atoms with Gasteiger partial charge >= 0.3 is 6.18 Å². The van der Waals surface area contributed by atoms with E-state index in [1.807, 2.05) is 11.0 Å². The molecule has 1 aromatic carbocycles. The molecule has 1 saturated carbocycles. The molecule has 1 heterocycles. The van der Waals surface area contributed by atoms with Crippen molar-refractivity contribution in [3.8, 4) is 6.07 Å². The molecule has 0 atom stereocenters. The second-order valence-corrected chi connectivity index (χ2v) is 8.69. The van der Waals surface area contributed by atoms with E-state index in [9.17, 15) is 18.0 Å². The smallest absolute Gasteiger partial charge is 0.369 e. The number of nitrogens with zero attached hydrogens (tertiary/aromatic N) is 3. The van der Waals surface area contributed by atoms with Crippen LogP contribution >= 0.6 is 0 Å². The highest BCUT2D eigenvalue weighted by molar-refractivity contribution is 5.77. The van der Waals surface area contributed by atoms with Crippen LogP contribution in [0.2, 0.25) is 0 Å². The number of nitriles is 1. The first-order valence-corrected chi connectivity index (χ1v) is 11.1. The Balaban J connectivity index is 1.34. The van der Waals surface area contributed by atoms with Gasteiger partial charge in [0.05, 0.1) is 11.6 Å². The van der Waals surface area contributed by atoms with Crippen molar-refractivity contribution in [1.29, 1.82) is 5.26 Å². The van der Waals surface area contributed by atoms with Gasteiger partial charge in [0.2, 0.25) is 5.91 Å². The average molecular weight is 437 g/mol. The maximum Gasteiger partial charge on any atom is 0.416 e. The minimum Gasteiger partial charge on any atom is -0.369 e. The number of anilines is 1. The summed E-state index contributed by atoms with van der Waals surface area (Å²) >= 11 is 0. The number of halogens is 3. The number of rotatable bonds is 7. The fraction of sp³-hybridized carbons (Fsp3) is 0.652. The number of amides is 1. The second kappa shape index (κ2) is 10.9. The number of carbonyl (C=O) groups excluding carboxylic acids is 1. The molecule has 170 valence electrons. The van der Waals surface area contributed by atoms with Crippen molar-refractivity contribution in [3.05, 3.63) is 29.8 Å². The van der Waals surface area contributed by atoms with Gasteiger partial charge in [0, 0.05) is 38.4 Å². The molecule has 3 rings (SSSR count). The van der Waals surface area contributed by atoms with Crippen molar-refractivity contribution in [2.24, 2.45) is 11.8 Å². The number of benzene rings is 1. The van der Waals surface area contributed by atoms with E-state index in [1.54, 1.807) is 6.07 Å². The first-order chi connectivity index (χ1) is 14.8. The highest BCUT2D eigenvalue weighted by Gasteiger charge is 2.31. The highest BCUT2D eigenvalue weighted by Crippen LogP contribution is 2.32. The zero-order chi connectivity index (χ0) is 22.3. The van der Waals surface area contributed by atoms with E-state index < -0.39 is 11.7 Å². The van der Waals surface area contributed by atoms with Gasteiger partial charge < -0.3 is 10.2 Å². The van der Waals surface area contributed by atoms with Crippen molar-refractivity contribution in [3.63, 3.8) is 0 Å². The van der Waals surface area contributed by atoms with Gasteiger partial charge in [0.15, 0.2) is 0 Å². The summed E-state index contributed by atoms with van der Waals surface area (Å²) in [6.07, 6.45) is 1.33. The number of alkyl halides is 3. The molecule has 1 aromatic rings. The summed E-state index contributed by atoms with van der Waals surface area (Å²) in [6.45, 7) is 4.94. The lowest BCUT2D eigenvalue weighted by atomic mass is 9.80. The van der Waals surface area contributed by atoms with Crippen molar-refractivity contribution in [2.75, 3.05) is 44.2 Å². The Bertz CT molecular complexity index is 761. The number of hydrogen-bond acceptors (Lipinski definition) is 4. The predicted octanol–water partition coefficient (Wildman–Crippen LogP) is 4.05. The summed E-state index contributed by atoms with van der Waals surface area (Å²) in [6, 6.07) is 7.47. The van der Waals surface area contributed by atoms with E-state index in [2.05, 4.69) is 10.2 Å². The third-order valence-corrected chi connectivity index (χ3v) is 6.56. The molecule has 0 aromatic heterocycles. The van der Waals surface area contributed by atoms with Crippen LogP contribution in [0.5, 0.6) is 0 Å². The lowest BCUT2D eigenvalue weighted by molar-refractivity contribution is -0.137. The van der Waals surface area contributed by atoms with E-state index in [0.29, 0.717) is 24.1 Å². The second-order valence-electron chi connectivity index (χ2n) is 8.69. The summed E-state index contributed by atoms with van der Waals surface area (Å²) in [4.78, 5) is 15.9. The third kappa shape index (κ3) is 7.13. The van der Waals surface area contributed by atoms with E-state index in [0.717, 1.165) is 58.1 Å². The Hall–Kier alpha value is -2.27. The van der Waals surface area contributed by atoms with E-state index in [4.69, 9.17) is 5.26 Å². The Morgan fingerprint density at radius 3 is 2.42 bits per heavy atom. The molecular formula is C23H31F3N4O. The van der Waals surface area contributed by atoms with Crippen LogP contribution in [0.1, 0.15) is 44.1 Å². The van der Waals surface area contributed by atoms with Crippen LogP contribution in [0.15, 0.2) is 24.3 Å². The van der Waals surface area contributed by atoms with E-state index in [1.165, 1.54) is 25.0 Å². The predicted molar refractivity (Wildman–Crippen MR) is 113 cm³/mol. The topological polar surface area (TPSA) is 59.4 Å². The Kier molecular flexibility index (Phi) is 8.19. The van der Waals surface area contributed by atoms with Crippen LogP contribution in [0.3, 0.4) is 0 Å². The van der Waals surface area contributed by atoms with Crippen LogP contribution in [0.4, 0.5) is 18.9 Å². The molecule has 2 fully saturated rings. The SMILES string of the molecule is N#CCC(=O)NCC1CCC(CCN2CCN(c3cccc(C(F)(F)F)c3)CC2)CC1. The largest absolute Gasteiger partial charge is 0.416 e. The lowest BCUT2D eigenvalue weighted by Crippen LogP contribution is -2.47. The molecule has 0 bridgehead atoms. The molecule has 1 amide bonds. The summed E-state index contributed by atoms with van der Waals surface area (Å²) < 4.78 is 38.9. The van der Waals surface area contributed by atoms with Crippen LogP contribution in [0, 0.1) is 23.2 Å². The number of hydrogen-bond donors (Lipinski definition) is 1. The first kappa shape index (κ1) is 23.4. The fourth-order valence-corrected chi connectivity index (χ4v) is 4.59. The average Bonchev–Trinajstić information content (AvgIpc) is 2.77. The Morgan fingerprint density at radius 1 is 1.10 bits per heavy atom. The fourth-order valence-electron chi connectivity index (χ4n) is 4.59. The molecule has 1 saturated heterocycles. The van der Waals surface area contributed by atoms with Crippen molar-refractivity contribution >= 4 is 11.6 Å². The van der Waals surface area contributed by atoms with Gasteiger partial charge in [0.25, 0.3) is 0 Å². The van der Waals surface area contributed by atoms with Crippen LogP contribution in [-0.2, 0) is 11.0 Å². The van der Waals surface area contributed by atoms with E-state index in [-0.39, 0.29) is 12.3 Å². The van der Waals surface area contributed by atoms with Gasteiger partial charge in [-0.1, -0.05) is 18.9 Å². The molecule has 8 heteroatoms. The van der Waals surface area contributed by atoms with Gasteiger partial charge in [-0.15, -0.1) is 0 Å². The van der Waals surface area contributed by atoms with E-state index >= 15 is 0 Å². The molecule has 1 N–H and O–H groups in total. The molecule has 1 aliphatic carbocycles. The molecular weight excluding hydrogens is 405 g/mol. The Morgan fingerprint density at radius 2 is 1.77 bits per heavy atom. The first-order valence-electron chi connectivity index (χ1n) is 11.1. The van der Waals surface area contributed by atoms with Gasteiger partial charge in [-0.3, -0.25) is 9.69 Å². The summed E-state index contributed by atoms with van der Waals surface area (Å²) in [5.74, 6) is 1.02. The minimum atomic E-state index is -4.31. The third-order valence-electron chi connectivity index (χ3n) is 6.56. The minimum absolute atomic E-state index is 0.0730. The molecule has 1 aliphatic heterocycles. The maximum atomic E-state index is 13.0. The molecule has 5 nitrogen and oxygen atoms in total. The van der Waals surface area contributed by atoms with Crippen molar-refractivity contribution < 1.29 is 18.0 Å². The maximum absolute atomic E-state index is 13.0. The molecule has 0 spiro atoms. The summed E-state index contributed by atoms with van der Waals surface area (Å²) in [5, 5.41) is 11.4. The summed E-state index contributed by atoms with van der Waals surface area (Å²) in [7, 11) is 0. The number of carbonyl (C=O) groups is 1. The zero-order valence-corrected chi connectivity index (χ0v) is 17.8. The van der Waals surface area contributed by atoms with Crippen LogP contribution < -0.4 is 10.2 Å². The lowest BCUT2D eigenvalue weighted by Gasteiger charge is -2.37. The monoisotopic (exact) mass is 436 g/mol. The van der Waals surface area contributed by atoms with Crippen molar-refractivity contribution in [2.45, 2.75) is 44.7 Å². The van der Waals surface area contributed by atoms with Gasteiger partial charge in [-0.25, -0.2) is 0 Å². The highest BCUT2D eigenvalue weighted by atomic mass is 19.4. The normalized spacial score (nSPS) is 22.7. The standard InChI is InChI=1S/C23H31F3N4O/c24-23(25,26)20-2-1-3-21(16-20)30-14-12-29(13-15-30)11-9-18-4-6-19(7-5-18)17-28-22(31)8-10-27/h1-3,16,18-19H,4-9,11-15,17H2,(H,28,31). The number of nitrogens with one attached hydrogen (secondary N) is 1. The molecule has 0 unspecified atom stereocenters. The van der Waals surface area contributed by atoms with Gasteiger partial charge in [-0.2, -0.15) is 18.4 Å². The molecule has 0 radical (unpaired) electrons. The zero-order valence-electron chi connectivity index (χ0n) is 17.8. The van der Waals surface area contributed by atoms with Crippen molar-refractivity contribution in [1.82, 2.24) is 10.2 Å². The van der Waals surface area contributed by atoms with Crippen LogP contribution in [-0.4, -0.2) is 50.1 Å². The van der Waals surface area contributed by atoms with Gasteiger partial charge in [0.1, 0.15) is 6.42 Å². The number of piperazine rings is 1. The van der Waals surface area contributed by atoms with Crippen LogP contribution in [0.25, 0.3) is 0 Å². The Labute approximate surface area is 182 Å². The molecule has 2 aliphatic rings. The summed E-state index contributed by atoms with van der Waals surface area (Å²) in [5.41, 5.74) is 0.0577. The molecule has 31 heavy (non-hydrogen) atoms.